The molecule has 0 radical (unpaired) electrons. The van der Waals surface area contributed by atoms with Crippen LogP contribution in [0.5, 0.6) is 0 Å². The number of hydrogen-bond donors (Lipinski definition) is 2. The predicted molar refractivity (Wildman–Crippen MR) is 60.3 cm³/mol. The Morgan fingerprint density at radius 2 is 2.21 bits per heavy atom. The third kappa shape index (κ3) is 4.43. The molecule has 0 saturated heterocycles. The minimum absolute atomic E-state index is 0.141. The average Bonchev–Trinajstić information content (AvgIpc) is 2.15. The van der Waals surface area contributed by atoms with Crippen molar-refractivity contribution >= 4 is 0 Å². The molecule has 1 aliphatic carbocycles. The molecule has 1 aliphatic rings. The number of hydrogen-bond acceptors (Lipinski definition) is 2. The molecule has 2 N–H and O–H groups in total. The lowest BCUT2D eigenvalue weighted by atomic mass is 9.87. The summed E-state index contributed by atoms with van der Waals surface area (Å²) in [5.41, 5.74) is 0. The molecule has 2 nitrogen and oxygen atoms in total. The lowest BCUT2D eigenvalue weighted by molar-refractivity contribution is 0.150. The van der Waals surface area contributed by atoms with Gasteiger partial charge in [0.1, 0.15) is 0 Å². The molecule has 0 bridgehead atoms. The standard InChI is InChI=1S/C12H25NO/c1-3-5-12(14)9-13-11-7-4-6-10(2)8-11/h10-14H,3-9H2,1-2H3. The number of nitrogens with one attached hydrogen (secondary N) is 1. The molecular weight excluding hydrogens is 174 g/mol. The van der Waals surface area contributed by atoms with E-state index in [1.807, 2.05) is 0 Å². The molecule has 1 rings (SSSR count). The molecule has 14 heavy (non-hydrogen) atoms. The summed E-state index contributed by atoms with van der Waals surface area (Å²) in [7, 11) is 0. The smallest absolute Gasteiger partial charge is 0.0664 e. The van der Waals surface area contributed by atoms with Gasteiger partial charge in [-0.25, -0.2) is 0 Å². The fourth-order valence-corrected chi connectivity index (χ4v) is 2.36. The van der Waals surface area contributed by atoms with Gasteiger partial charge in [-0.1, -0.05) is 33.1 Å². The Balaban J connectivity index is 2.10. The molecule has 0 spiro atoms. The second-order valence-electron chi connectivity index (χ2n) is 4.82. The van der Waals surface area contributed by atoms with Crippen LogP contribution in [0.1, 0.15) is 52.4 Å². The summed E-state index contributed by atoms with van der Waals surface area (Å²) >= 11 is 0. The van der Waals surface area contributed by atoms with Crippen LogP contribution in [0.3, 0.4) is 0 Å². The highest BCUT2D eigenvalue weighted by molar-refractivity contribution is 4.76. The lowest BCUT2D eigenvalue weighted by Crippen LogP contribution is -2.38. The van der Waals surface area contributed by atoms with Gasteiger partial charge >= 0.3 is 0 Å². The van der Waals surface area contributed by atoms with Crippen LogP contribution in [0, 0.1) is 5.92 Å². The Hall–Kier alpha value is -0.0800. The van der Waals surface area contributed by atoms with Crippen LogP contribution in [0.2, 0.25) is 0 Å². The third-order valence-corrected chi connectivity index (χ3v) is 3.20. The van der Waals surface area contributed by atoms with Crippen LogP contribution in [0.4, 0.5) is 0 Å². The SMILES string of the molecule is CCCC(O)CNC1CCCC(C)C1. The Morgan fingerprint density at radius 1 is 1.43 bits per heavy atom. The highest BCUT2D eigenvalue weighted by Crippen LogP contribution is 2.23. The highest BCUT2D eigenvalue weighted by atomic mass is 16.3. The maximum absolute atomic E-state index is 9.58. The van der Waals surface area contributed by atoms with E-state index in [4.69, 9.17) is 0 Å². The van der Waals surface area contributed by atoms with E-state index in [0.717, 1.165) is 25.3 Å². The van der Waals surface area contributed by atoms with E-state index in [-0.39, 0.29) is 6.10 Å². The van der Waals surface area contributed by atoms with Gasteiger partial charge in [0, 0.05) is 12.6 Å². The topological polar surface area (TPSA) is 32.3 Å². The first-order chi connectivity index (χ1) is 6.72. The van der Waals surface area contributed by atoms with Gasteiger partial charge in [0.05, 0.1) is 6.10 Å². The van der Waals surface area contributed by atoms with Gasteiger partial charge in [-0.3, -0.25) is 0 Å². The Kier molecular flexibility index (Phi) is 5.49. The van der Waals surface area contributed by atoms with Gasteiger partial charge in [-0.05, 0) is 25.2 Å². The van der Waals surface area contributed by atoms with Crippen LogP contribution >= 0.6 is 0 Å². The molecule has 0 aromatic carbocycles. The molecule has 84 valence electrons. The van der Waals surface area contributed by atoms with Crippen molar-refractivity contribution < 1.29 is 5.11 Å². The van der Waals surface area contributed by atoms with Crippen molar-refractivity contribution in [1.29, 1.82) is 0 Å². The van der Waals surface area contributed by atoms with Crippen molar-refractivity contribution in [1.82, 2.24) is 5.32 Å². The Bertz CT molecular complexity index is 149. The highest BCUT2D eigenvalue weighted by Gasteiger charge is 2.18. The summed E-state index contributed by atoms with van der Waals surface area (Å²) in [5, 5.41) is 13.1. The lowest BCUT2D eigenvalue weighted by Gasteiger charge is -2.28. The van der Waals surface area contributed by atoms with Crippen molar-refractivity contribution in [2.75, 3.05) is 6.54 Å². The van der Waals surface area contributed by atoms with Crippen molar-refractivity contribution in [3.63, 3.8) is 0 Å². The summed E-state index contributed by atoms with van der Waals surface area (Å²) in [4.78, 5) is 0. The zero-order valence-electron chi connectivity index (χ0n) is 9.63. The normalized spacial score (nSPS) is 30.2. The molecule has 0 aromatic rings. The molecule has 0 aliphatic heterocycles. The molecule has 3 unspecified atom stereocenters. The first-order valence-corrected chi connectivity index (χ1v) is 6.13. The van der Waals surface area contributed by atoms with Gasteiger partial charge in [0.2, 0.25) is 0 Å². The molecule has 2 heteroatoms. The molecule has 1 fully saturated rings. The quantitative estimate of drug-likeness (QED) is 0.712. The van der Waals surface area contributed by atoms with E-state index >= 15 is 0 Å². The number of aliphatic hydroxyl groups excluding tert-OH is 1. The van der Waals surface area contributed by atoms with Crippen molar-refractivity contribution in [3.8, 4) is 0 Å². The maximum Gasteiger partial charge on any atom is 0.0664 e. The second kappa shape index (κ2) is 6.41. The van der Waals surface area contributed by atoms with Gasteiger partial charge < -0.3 is 10.4 Å². The third-order valence-electron chi connectivity index (χ3n) is 3.20. The first-order valence-electron chi connectivity index (χ1n) is 6.13. The Labute approximate surface area is 88.1 Å². The van der Waals surface area contributed by atoms with Crippen molar-refractivity contribution in [2.24, 2.45) is 5.92 Å². The van der Waals surface area contributed by atoms with E-state index in [2.05, 4.69) is 19.2 Å². The van der Waals surface area contributed by atoms with E-state index < -0.39 is 0 Å². The van der Waals surface area contributed by atoms with Crippen LogP contribution in [-0.4, -0.2) is 23.8 Å². The molecule has 3 atom stereocenters. The summed E-state index contributed by atoms with van der Waals surface area (Å²) < 4.78 is 0. The van der Waals surface area contributed by atoms with Gasteiger partial charge in [-0.15, -0.1) is 0 Å². The molecule has 0 aromatic heterocycles. The monoisotopic (exact) mass is 199 g/mol. The van der Waals surface area contributed by atoms with Crippen molar-refractivity contribution in [2.45, 2.75) is 64.5 Å². The van der Waals surface area contributed by atoms with Crippen LogP contribution in [0.15, 0.2) is 0 Å². The van der Waals surface area contributed by atoms with Crippen LogP contribution in [-0.2, 0) is 0 Å². The minimum atomic E-state index is -0.141. The van der Waals surface area contributed by atoms with Crippen molar-refractivity contribution in [3.05, 3.63) is 0 Å². The van der Waals surface area contributed by atoms with Crippen LogP contribution < -0.4 is 5.32 Å². The summed E-state index contributed by atoms with van der Waals surface area (Å²) in [6.45, 7) is 5.23. The second-order valence-corrected chi connectivity index (χ2v) is 4.82. The summed E-state index contributed by atoms with van der Waals surface area (Å²) in [6.07, 6.45) is 7.18. The summed E-state index contributed by atoms with van der Waals surface area (Å²) in [5.74, 6) is 0.865. The molecule has 0 heterocycles. The van der Waals surface area contributed by atoms with Gasteiger partial charge in [0.25, 0.3) is 0 Å². The maximum atomic E-state index is 9.58. The molecule has 0 amide bonds. The van der Waals surface area contributed by atoms with Gasteiger partial charge in [-0.2, -0.15) is 0 Å². The predicted octanol–water partition coefficient (Wildman–Crippen LogP) is 2.32. The fraction of sp³-hybridized carbons (Fsp3) is 1.00. The first kappa shape index (κ1) is 12.0. The minimum Gasteiger partial charge on any atom is -0.392 e. The largest absolute Gasteiger partial charge is 0.392 e. The number of rotatable bonds is 5. The van der Waals surface area contributed by atoms with E-state index in [9.17, 15) is 5.11 Å². The van der Waals surface area contributed by atoms with E-state index in [0.29, 0.717) is 6.04 Å². The summed E-state index contributed by atoms with van der Waals surface area (Å²) in [6, 6.07) is 0.658. The van der Waals surface area contributed by atoms with Gasteiger partial charge in [0.15, 0.2) is 0 Å². The van der Waals surface area contributed by atoms with E-state index in [1.165, 1.54) is 25.7 Å². The zero-order valence-corrected chi connectivity index (χ0v) is 9.63. The van der Waals surface area contributed by atoms with E-state index in [1.54, 1.807) is 0 Å². The average molecular weight is 199 g/mol. The zero-order chi connectivity index (χ0) is 10.4. The van der Waals surface area contributed by atoms with Crippen LogP contribution in [0.25, 0.3) is 0 Å². The fourth-order valence-electron chi connectivity index (χ4n) is 2.36. The number of aliphatic hydroxyl groups is 1. The molecule has 1 saturated carbocycles. The Morgan fingerprint density at radius 3 is 2.86 bits per heavy atom. The molecular formula is C12H25NO.